The highest BCUT2D eigenvalue weighted by molar-refractivity contribution is 5.79. The van der Waals surface area contributed by atoms with Crippen LogP contribution in [0.5, 0.6) is 0 Å². The quantitative estimate of drug-likeness (QED) is 0.706. The Morgan fingerprint density at radius 3 is 2.60 bits per heavy atom. The van der Waals surface area contributed by atoms with Crippen LogP contribution in [0.2, 0.25) is 0 Å². The van der Waals surface area contributed by atoms with Crippen LogP contribution in [0.3, 0.4) is 0 Å². The van der Waals surface area contributed by atoms with E-state index in [1.54, 1.807) is 0 Å². The van der Waals surface area contributed by atoms with Crippen LogP contribution in [0.25, 0.3) is 0 Å². The van der Waals surface area contributed by atoms with E-state index in [1.807, 2.05) is 0 Å². The number of likely N-dealkylation sites (tertiary alicyclic amines) is 1. The highest BCUT2D eigenvalue weighted by Gasteiger charge is 2.27. The highest BCUT2D eigenvalue weighted by Crippen LogP contribution is 2.20. The molecule has 0 spiro atoms. The molecule has 0 aromatic heterocycles. The van der Waals surface area contributed by atoms with Crippen LogP contribution in [0, 0.1) is 11.8 Å². The Hall–Kier alpha value is -0.570. The fraction of sp³-hybridized carbons (Fsp3) is 0.917. The molecule has 3 heteroatoms. The number of amides is 1. The summed E-state index contributed by atoms with van der Waals surface area (Å²) in [5.41, 5.74) is 0. The number of nitrogens with zero attached hydrogens (tertiary/aromatic N) is 1. The van der Waals surface area contributed by atoms with Crippen molar-refractivity contribution in [3.05, 3.63) is 0 Å². The first kappa shape index (κ1) is 10.9. The molecule has 0 aromatic carbocycles. The van der Waals surface area contributed by atoms with Gasteiger partial charge in [0, 0.05) is 19.6 Å². The largest absolute Gasteiger partial charge is 0.342 e. The van der Waals surface area contributed by atoms with Crippen LogP contribution in [0.4, 0.5) is 0 Å². The fourth-order valence-corrected chi connectivity index (χ4v) is 2.55. The summed E-state index contributed by atoms with van der Waals surface area (Å²) in [5.74, 6) is 1.46. The zero-order valence-corrected chi connectivity index (χ0v) is 9.67. The van der Waals surface area contributed by atoms with E-state index < -0.39 is 0 Å². The monoisotopic (exact) mass is 210 g/mol. The van der Waals surface area contributed by atoms with Crippen LogP contribution in [-0.4, -0.2) is 37.0 Å². The molecular weight excluding hydrogens is 188 g/mol. The Labute approximate surface area is 92.2 Å². The number of hydrogen-bond acceptors (Lipinski definition) is 2. The van der Waals surface area contributed by atoms with Crippen LogP contribution in [0.15, 0.2) is 0 Å². The molecule has 1 atom stereocenters. The van der Waals surface area contributed by atoms with Crippen LogP contribution in [-0.2, 0) is 4.79 Å². The van der Waals surface area contributed by atoms with E-state index in [2.05, 4.69) is 17.1 Å². The van der Waals surface area contributed by atoms with Gasteiger partial charge < -0.3 is 10.2 Å². The van der Waals surface area contributed by atoms with E-state index in [4.69, 9.17) is 0 Å². The van der Waals surface area contributed by atoms with Gasteiger partial charge in [0.15, 0.2) is 0 Å². The van der Waals surface area contributed by atoms with Crippen molar-refractivity contribution < 1.29 is 4.79 Å². The molecule has 2 heterocycles. The second-order valence-electron chi connectivity index (χ2n) is 5.05. The smallest absolute Gasteiger partial charge is 0.226 e. The summed E-state index contributed by atoms with van der Waals surface area (Å²) >= 11 is 0. The van der Waals surface area contributed by atoms with Gasteiger partial charge in [0.1, 0.15) is 0 Å². The van der Waals surface area contributed by atoms with Crippen molar-refractivity contribution in [3.63, 3.8) is 0 Å². The topological polar surface area (TPSA) is 32.3 Å². The lowest BCUT2D eigenvalue weighted by Crippen LogP contribution is -2.45. The summed E-state index contributed by atoms with van der Waals surface area (Å²) in [6.45, 7) is 6.22. The predicted molar refractivity (Wildman–Crippen MR) is 60.6 cm³/mol. The molecule has 2 aliphatic heterocycles. The Morgan fingerprint density at radius 1 is 1.27 bits per heavy atom. The maximum atomic E-state index is 12.1. The molecule has 0 aromatic rings. The van der Waals surface area contributed by atoms with Gasteiger partial charge in [-0.1, -0.05) is 6.92 Å². The SMILES string of the molecule is CC1CCN(C(=O)C2CCCNC2)CC1. The molecule has 0 radical (unpaired) electrons. The number of carbonyl (C=O) groups excluding carboxylic acids is 1. The molecule has 0 aliphatic carbocycles. The second-order valence-corrected chi connectivity index (χ2v) is 5.05. The molecule has 0 bridgehead atoms. The molecule has 1 unspecified atom stereocenters. The molecule has 2 aliphatic rings. The molecule has 2 rings (SSSR count). The first-order valence-electron chi connectivity index (χ1n) is 6.27. The minimum atomic E-state index is 0.257. The van der Waals surface area contributed by atoms with Gasteiger partial charge in [-0.05, 0) is 38.1 Å². The van der Waals surface area contributed by atoms with Gasteiger partial charge in [-0.2, -0.15) is 0 Å². The van der Waals surface area contributed by atoms with Gasteiger partial charge in [0.2, 0.25) is 5.91 Å². The third-order valence-electron chi connectivity index (χ3n) is 3.74. The average Bonchev–Trinajstić information content (AvgIpc) is 2.30. The molecule has 0 saturated carbocycles. The van der Waals surface area contributed by atoms with Crippen molar-refractivity contribution in [3.8, 4) is 0 Å². The third-order valence-corrected chi connectivity index (χ3v) is 3.74. The van der Waals surface area contributed by atoms with Crippen LogP contribution < -0.4 is 5.32 Å². The highest BCUT2D eigenvalue weighted by atomic mass is 16.2. The zero-order valence-electron chi connectivity index (χ0n) is 9.67. The van der Waals surface area contributed by atoms with E-state index in [1.165, 1.54) is 12.8 Å². The first-order chi connectivity index (χ1) is 7.27. The van der Waals surface area contributed by atoms with E-state index >= 15 is 0 Å². The lowest BCUT2D eigenvalue weighted by molar-refractivity contribution is -0.137. The predicted octanol–water partition coefficient (Wildman–Crippen LogP) is 1.24. The van der Waals surface area contributed by atoms with Crippen molar-refractivity contribution in [2.24, 2.45) is 11.8 Å². The maximum absolute atomic E-state index is 12.1. The number of carbonyl (C=O) groups is 1. The first-order valence-corrected chi connectivity index (χ1v) is 6.27. The molecule has 2 saturated heterocycles. The van der Waals surface area contributed by atoms with E-state index in [0.717, 1.165) is 44.9 Å². The van der Waals surface area contributed by atoms with Gasteiger partial charge in [0.05, 0.1) is 5.92 Å². The molecule has 2 fully saturated rings. The summed E-state index contributed by atoms with van der Waals surface area (Å²) in [5, 5.41) is 3.32. The fourth-order valence-electron chi connectivity index (χ4n) is 2.55. The molecule has 86 valence electrons. The van der Waals surface area contributed by atoms with Crippen molar-refractivity contribution >= 4 is 5.91 Å². The number of piperidine rings is 2. The maximum Gasteiger partial charge on any atom is 0.226 e. The Balaban J connectivity index is 1.84. The van der Waals surface area contributed by atoms with Crippen molar-refractivity contribution in [1.29, 1.82) is 0 Å². The van der Waals surface area contributed by atoms with Crippen LogP contribution >= 0.6 is 0 Å². The van der Waals surface area contributed by atoms with E-state index in [9.17, 15) is 4.79 Å². The molecule has 3 nitrogen and oxygen atoms in total. The molecule has 1 N–H and O–H groups in total. The Bertz CT molecular complexity index is 216. The molecule has 1 amide bonds. The summed E-state index contributed by atoms with van der Waals surface area (Å²) in [4.78, 5) is 14.2. The van der Waals surface area contributed by atoms with Crippen molar-refractivity contribution in [2.45, 2.75) is 32.6 Å². The number of rotatable bonds is 1. The van der Waals surface area contributed by atoms with Crippen molar-refractivity contribution in [1.82, 2.24) is 10.2 Å². The third kappa shape index (κ3) is 2.71. The minimum Gasteiger partial charge on any atom is -0.342 e. The summed E-state index contributed by atoms with van der Waals surface area (Å²) in [6, 6.07) is 0. The molecule has 15 heavy (non-hydrogen) atoms. The standard InChI is InChI=1S/C12H22N2O/c1-10-4-7-14(8-5-10)12(15)11-3-2-6-13-9-11/h10-11,13H,2-9H2,1H3. The average molecular weight is 210 g/mol. The normalized spacial score (nSPS) is 29.1. The Kier molecular flexibility index (Phi) is 3.62. The van der Waals surface area contributed by atoms with Gasteiger partial charge in [-0.15, -0.1) is 0 Å². The second kappa shape index (κ2) is 4.97. The van der Waals surface area contributed by atoms with Crippen molar-refractivity contribution in [2.75, 3.05) is 26.2 Å². The number of hydrogen-bond donors (Lipinski definition) is 1. The molecular formula is C12H22N2O. The number of nitrogens with one attached hydrogen (secondary N) is 1. The van der Waals surface area contributed by atoms with Gasteiger partial charge >= 0.3 is 0 Å². The van der Waals surface area contributed by atoms with Gasteiger partial charge in [0.25, 0.3) is 0 Å². The zero-order chi connectivity index (χ0) is 10.7. The van der Waals surface area contributed by atoms with E-state index in [0.29, 0.717) is 5.91 Å². The minimum absolute atomic E-state index is 0.257. The Morgan fingerprint density at radius 2 is 2.00 bits per heavy atom. The van der Waals surface area contributed by atoms with Gasteiger partial charge in [-0.3, -0.25) is 4.79 Å². The lowest BCUT2D eigenvalue weighted by atomic mass is 9.94. The lowest BCUT2D eigenvalue weighted by Gasteiger charge is -2.34. The van der Waals surface area contributed by atoms with Crippen LogP contribution in [0.1, 0.15) is 32.6 Å². The summed E-state index contributed by atoms with van der Waals surface area (Å²) < 4.78 is 0. The summed E-state index contributed by atoms with van der Waals surface area (Å²) in [7, 11) is 0. The van der Waals surface area contributed by atoms with E-state index in [-0.39, 0.29) is 5.92 Å². The van der Waals surface area contributed by atoms with Gasteiger partial charge in [-0.25, -0.2) is 0 Å². The summed E-state index contributed by atoms with van der Waals surface area (Å²) in [6.07, 6.45) is 4.61.